The smallest absolute Gasteiger partial charge is 0.407 e. The Balaban J connectivity index is 0.657. The van der Waals surface area contributed by atoms with Crippen molar-refractivity contribution in [2.45, 2.75) is 122 Å². The largest absolute Gasteiger partial charge is 0.491 e. The number of anilines is 2. The van der Waals surface area contributed by atoms with E-state index >= 15 is 0 Å². The predicted octanol–water partition coefficient (Wildman–Crippen LogP) is 3.80. The lowest BCUT2D eigenvalue weighted by Crippen LogP contribution is -2.64. The molecule has 3 aliphatic heterocycles. The molecule has 13 rings (SSSR count). The fourth-order valence-corrected chi connectivity index (χ4v) is 16.0. The van der Waals surface area contributed by atoms with Crippen molar-refractivity contribution in [1.29, 1.82) is 0 Å². The van der Waals surface area contributed by atoms with E-state index in [1.165, 1.54) is 29.5 Å². The van der Waals surface area contributed by atoms with E-state index in [0.717, 1.165) is 71.5 Å². The maximum absolute atomic E-state index is 13.6. The van der Waals surface area contributed by atoms with Crippen molar-refractivity contribution < 1.29 is 87.5 Å². The van der Waals surface area contributed by atoms with Gasteiger partial charge in [-0.2, -0.15) is 5.10 Å². The lowest BCUT2D eigenvalue weighted by molar-refractivity contribution is -0.271. The number of benzene rings is 2. The summed E-state index contributed by atoms with van der Waals surface area (Å²) >= 11 is 1.37. The minimum absolute atomic E-state index is 0.00633. The summed E-state index contributed by atoms with van der Waals surface area (Å²) in [7, 11) is 0. The number of imide groups is 1. The van der Waals surface area contributed by atoms with Gasteiger partial charge in [0.15, 0.2) is 22.6 Å². The Morgan fingerprint density at radius 3 is 2.32 bits per heavy atom. The number of pyridine rings is 1. The van der Waals surface area contributed by atoms with Crippen molar-refractivity contribution >= 4 is 74.2 Å². The van der Waals surface area contributed by atoms with Crippen molar-refractivity contribution in [3.63, 3.8) is 0 Å². The standard InChI is InChI=1S/C63H71N11O18S/c1-35-39(38-10-11-44(69-48(38)55(82)83)71-16-17-72-34-66-49(41(72)24-71)54(81)70-58-68-40-6-4-5-7-43(40)93-58)23-67-74(35)33-62-28-60(2)27-61(3,29-62)31-63(30-60,32-62)90-19-15-65-59(86)89-26-36-8-9-37(91-57-52(80)50(78)51(79)53(92-57)56(84)85)22-42(36)88-21-20-87-18-14-64-45(75)25-73-46(76)12-13-47(73)77/h4-13,22-23,34,50-53,57,78-80H,14-21,24-33H2,1-3H3,(H,64,75)(H,65,86)(H,82,83)(H,84,85)(H,68,70,81)/t50-,51-,52+,53-,57+,60?,61?,62?,63?/m0/s1. The zero-order chi connectivity index (χ0) is 65.6. The average Bonchev–Trinajstić information content (AvgIpc) is 1.03. The highest BCUT2D eigenvalue weighted by atomic mass is 32.1. The van der Waals surface area contributed by atoms with E-state index in [2.05, 4.69) is 39.8 Å². The van der Waals surface area contributed by atoms with E-state index in [9.17, 15) is 59.1 Å². The summed E-state index contributed by atoms with van der Waals surface area (Å²) in [5.41, 5.74) is 3.04. The highest BCUT2D eigenvalue weighted by Crippen LogP contribution is 2.72. The van der Waals surface area contributed by atoms with Crippen LogP contribution in [0.3, 0.4) is 0 Å². The van der Waals surface area contributed by atoms with Gasteiger partial charge in [0.05, 0.1) is 60.4 Å². The molecule has 0 radical (unpaired) electrons. The third-order valence-corrected chi connectivity index (χ3v) is 19.0. The number of hydrogen-bond donors (Lipinski definition) is 8. The number of nitrogens with zero attached hydrogens (tertiary/aromatic N) is 8. The number of aliphatic hydroxyl groups is 3. The molecule has 4 saturated carbocycles. The predicted molar refractivity (Wildman–Crippen MR) is 328 cm³/mol. The SMILES string of the molecule is Cc1c(-c2ccc(N3CCn4cnc(C(=O)Nc5nc6ccccc6s5)c4C3)nc2C(=O)O)cnn1CC12CC3(C)CC(C)(C1)CC(OCCNC(=O)OCc1ccc(O[C@@H]4O[C@H](C(=O)O)[C@@H](O)[C@H](O)[C@H]4O)cc1OCCOCCNC(=O)CN1C(=O)C=CC1=O)(C3)C2. The van der Waals surface area contributed by atoms with Gasteiger partial charge in [0, 0.05) is 73.3 Å². The summed E-state index contributed by atoms with van der Waals surface area (Å²) in [6.07, 6.45) is 0.757. The molecule has 0 spiro atoms. The molecule has 492 valence electrons. The van der Waals surface area contributed by atoms with Gasteiger partial charge in [-0.05, 0) is 98.1 Å². The van der Waals surface area contributed by atoms with Crippen LogP contribution < -0.4 is 30.3 Å². The Labute approximate surface area is 535 Å². The molecule has 29 nitrogen and oxygen atoms in total. The highest BCUT2D eigenvalue weighted by Gasteiger charge is 2.66. The van der Waals surface area contributed by atoms with Crippen LogP contribution in [0.5, 0.6) is 11.5 Å². The fourth-order valence-electron chi connectivity index (χ4n) is 15.2. The zero-order valence-electron chi connectivity index (χ0n) is 51.1. The number of ether oxygens (including phenoxy) is 6. The third-order valence-electron chi connectivity index (χ3n) is 18.1. The molecule has 7 aliphatic rings. The van der Waals surface area contributed by atoms with Crippen LogP contribution in [0.2, 0.25) is 0 Å². The minimum Gasteiger partial charge on any atom is -0.491 e. The number of hydrogen-bond acceptors (Lipinski definition) is 22. The van der Waals surface area contributed by atoms with Crippen molar-refractivity contribution in [3.05, 3.63) is 108 Å². The van der Waals surface area contributed by atoms with E-state index in [-0.39, 0.29) is 91.8 Å². The number of aromatic nitrogens is 6. The number of carbonyl (C=O) groups excluding carboxylic acids is 5. The molecular weight excluding hydrogens is 1230 g/mol. The van der Waals surface area contributed by atoms with E-state index in [1.807, 2.05) is 45.3 Å². The number of fused-ring (bicyclic) bond motifs is 2. The Hall–Kier alpha value is -8.91. The number of imidazole rings is 1. The molecule has 30 heteroatoms. The number of aliphatic carboxylic acids is 1. The first-order chi connectivity index (χ1) is 44.5. The van der Waals surface area contributed by atoms with Crippen molar-refractivity contribution in [2.24, 2.45) is 16.2 Å². The maximum Gasteiger partial charge on any atom is 0.407 e. The number of aliphatic hydroxyl groups excluding tert-OH is 3. The molecule has 93 heavy (non-hydrogen) atoms. The fraction of sp³-hybridized carbons (Fsp3) is 0.476. The number of carboxylic acids is 2. The van der Waals surface area contributed by atoms with Crippen molar-refractivity contribution in [1.82, 2.24) is 44.8 Å². The highest BCUT2D eigenvalue weighted by molar-refractivity contribution is 7.22. The Bertz CT molecular complexity index is 3870. The Morgan fingerprint density at radius 2 is 1.57 bits per heavy atom. The van der Waals surface area contributed by atoms with Crippen molar-refractivity contribution in [2.75, 3.05) is 62.8 Å². The van der Waals surface area contributed by atoms with Crippen LogP contribution in [0.1, 0.15) is 90.3 Å². The normalized spacial score (nSPS) is 26.1. The zero-order valence-corrected chi connectivity index (χ0v) is 52.0. The number of nitrogens with one attached hydrogen (secondary N) is 3. The number of thiazole rings is 1. The lowest BCUT2D eigenvalue weighted by atomic mass is 9.39. The quantitative estimate of drug-likeness (QED) is 0.0298. The monoisotopic (exact) mass is 1300 g/mol. The maximum atomic E-state index is 13.6. The molecule has 4 bridgehead atoms. The van der Waals surface area contributed by atoms with E-state index in [0.29, 0.717) is 53.0 Å². The van der Waals surface area contributed by atoms with Gasteiger partial charge in [-0.1, -0.05) is 37.3 Å². The molecule has 6 aromatic rings. The molecule has 5 fully saturated rings. The van der Waals surface area contributed by atoms with Gasteiger partial charge in [0.25, 0.3) is 17.7 Å². The van der Waals surface area contributed by atoms with Gasteiger partial charge in [0.1, 0.15) is 55.4 Å². The van der Waals surface area contributed by atoms with E-state index in [4.69, 9.17) is 38.5 Å². The first kappa shape index (κ1) is 64.2. The molecule has 7 heterocycles. The number of alkyl carbamates (subject to hydrolysis) is 1. The summed E-state index contributed by atoms with van der Waals surface area (Å²) in [4.78, 5) is 104. The van der Waals surface area contributed by atoms with Crippen LogP contribution in [0.4, 0.5) is 15.7 Å². The molecule has 2 aromatic carbocycles. The van der Waals surface area contributed by atoms with Gasteiger partial charge >= 0.3 is 18.0 Å². The van der Waals surface area contributed by atoms with Crippen LogP contribution >= 0.6 is 11.3 Å². The second kappa shape index (κ2) is 25.9. The molecule has 5 amide bonds. The number of para-hydroxylation sites is 1. The number of carboxylic acid groups (broad SMARTS) is 2. The summed E-state index contributed by atoms with van der Waals surface area (Å²) < 4.78 is 40.0. The first-order valence-corrected chi connectivity index (χ1v) is 31.3. The van der Waals surface area contributed by atoms with Gasteiger partial charge in [-0.3, -0.25) is 34.1 Å². The lowest BCUT2D eigenvalue weighted by Gasteiger charge is -2.69. The van der Waals surface area contributed by atoms with Crippen LogP contribution in [0.25, 0.3) is 21.3 Å². The third kappa shape index (κ3) is 13.6. The second-order valence-corrected chi connectivity index (χ2v) is 26.5. The van der Waals surface area contributed by atoms with Crippen LogP contribution in [-0.2, 0) is 64.4 Å². The van der Waals surface area contributed by atoms with E-state index in [1.54, 1.807) is 24.7 Å². The second-order valence-electron chi connectivity index (χ2n) is 25.5. The van der Waals surface area contributed by atoms with Gasteiger partial charge in [0.2, 0.25) is 12.2 Å². The Morgan fingerprint density at radius 1 is 0.806 bits per heavy atom. The average molecular weight is 1300 g/mol. The summed E-state index contributed by atoms with van der Waals surface area (Å²) in [5, 5.41) is 65.0. The number of amides is 5. The van der Waals surface area contributed by atoms with Crippen molar-refractivity contribution in [3.8, 4) is 22.6 Å². The van der Waals surface area contributed by atoms with Crippen LogP contribution in [0, 0.1) is 23.2 Å². The molecule has 2 unspecified atom stereocenters. The molecule has 1 saturated heterocycles. The van der Waals surface area contributed by atoms with Crippen LogP contribution in [0.15, 0.2) is 79.3 Å². The number of carbonyl (C=O) groups is 7. The van der Waals surface area contributed by atoms with Crippen LogP contribution in [-0.4, -0.2) is 190 Å². The summed E-state index contributed by atoms with van der Waals surface area (Å²) in [6, 6.07) is 15.5. The van der Waals surface area contributed by atoms with Gasteiger partial charge in [-0.15, -0.1) is 0 Å². The molecule has 4 aromatic heterocycles. The summed E-state index contributed by atoms with van der Waals surface area (Å²) in [5.74, 6) is -4.37. The molecule has 7 atom stereocenters. The molecule has 8 N–H and O–H groups in total. The van der Waals surface area contributed by atoms with E-state index < -0.39 is 84.5 Å². The number of aromatic carboxylic acids is 1. The van der Waals surface area contributed by atoms with Gasteiger partial charge < -0.3 is 74.1 Å². The number of rotatable bonds is 25. The Kier molecular flexibility index (Phi) is 17.9. The minimum atomic E-state index is -1.94. The molecular formula is C63H71N11O18S. The first-order valence-electron chi connectivity index (χ1n) is 30.5. The summed E-state index contributed by atoms with van der Waals surface area (Å²) in [6.45, 7) is 8.02. The van der Waals surface area contributed by atoms with Gasteiger partial charge in [-0.25, -0.2) is 29.3 Å². The molecule has 4 aliphatic carbocycles. The topological polar surface area (TPSA) is 380 Å².